The number of para-hydroxylation sites is 1. The van der Waals surface area contributed by atoms with Crippen LogP contribution in [0.3, 0.4) is 0 Å². The quantitative estimate of drug-likeness (QED) is 0.386. The highest BCUT2D eigenvalue weighted by molar-refractivity contribution is 6.07. The number of carbonyl (C=O) groups excluding carboxylic acids is 2. The predicted octanol–water partition coefficient (Wildman–Crippen LogP) is 1.88. The van der Waals surface area contributed by atoms with Crippen molar-refractivity contribution in [3.63, 3.8) is 0 Å². The lowest BCUT2D eigenvalue weighted by Gasteiger charge is -2.14. The number of nitrogens with one attached hydrogen (secondary N) is 3. The molecule has 1 aromatic carbocycles. The van der Waals surface area contributed by atoms with Crippen LogP contribution >= 0.6 is 0 Å². The third-order valence-electron chi connectivity index (χ3n) is 3.49. The van der Waals surface area contributed by atoms with Gasteiger partial charge in [-0.05, 0) is 24.0 Å². The molecule has 0 aliphatic heterocycles. The molecule has 6 nitrogen and oxygen atoms in total. The minimum atomic E-state index is -0.444. The SMILES string of the molecule is CCc1cccc(CC)c1NC(=O)/C(C#N)=C\NCCNC(C)=O. The van der Waals surface area contributed by atoms with Crippen LogP contribution in [0.25, 0.3) is 0 Å². The van der Waals surface area contributed by atoms with Gasteiger partial charge in [0.1, 0.15) is 11.6 Å². The number of amides is 2. The van der Waals surface area contributed by atoms with Gasteiger partial charge < -0.3 is 16.0 Å². The minimum Gasteiger partial charge on any atom is -0.388 e. The molecule has 0 saturated heterocycles. The fourth-order valence-electron chi connectivity index (χ4n) is 2.22. The summed E-state index contributed by atoms with van der Waals surface area (Å²) in [7, 11) is 0. The topological polar surface area (TPSA) is 94.0 Å². The highest BCUT2D eigenvalue weighted by Gasteiger charge is 2.13. The van der Waals surface area contributed by atoms with Crippen molar-refractivity contribution in [1.82, 2.24) is 10.6 Å². The lowest BCUT2D eigenvalue weighted by Crippen LogP contribution is -2.28. The van der Waals surface area contributed by atoms with E-state index in [0.717, 1.165) is 29.7 Å². The van der Waals surface area contributed by atoms with Gasteiger partial charge >= 0.3 is 0 Å². The smallest absolute Gasteiger partial charge is 0.267 e. The molecule has 1 rings (SSSR count). The monoisotopic (exact) mass is 328 g/mol. The van der Waals surface area contributed by atoms with E-state index < -0.39 is 5.91 Å². The standard InChI is InChI=1S/C18H24N4O2/c1-4-14-7-6-8-15(5-2)17(14)22-18(24)16(11-19)12-20-9-10-21-13(3)23/h6-8,12,20H,4-5,9-10H2,1-3H3,(H,21,23)(H,22,24)/b16-12-. The number of carbonyl (C=O) groups is 2. The normalized spacial score (nSPS) is 10.7. The van der Waals surface area contributed by atoms with E-state index in [9.17, 15) is 14.9 Å². The number of rotatable bonds is 8. The summed E-state index contributed by atoms with van der Waals surface area (Å²) in [6, 6.07) is 7.80. The third-order valence-corrected chi connectivity index (χ3v) is 3.49. The lowest BCUT2D eigenvalue weighted by atomic mass is 10.0. The van der Waals surface area contributed by atoms with Gasteiger partial charge in [0.05, 0.1) is 0 Å². The van der Waals surface area contributed by atoms with Crippen LogP contribution in [0.4, 0.5) is 5.69 Å². The second-order valence-corrected chi connectivity index (χ2v) is 5.22. The zero-order valence-electron chi connectivity index (χ0n) is 14.4. The summed E-state index contributed by atoms with van der Waals surface area (Å²) < 4.78 is 0. The molecule has 0 atom stereocenters. The van der Waals surface area contributed by atoms with E-state index in [4.69, 9.17) is 0 Å². The van der Waals surface area contributed by atoms with E-state index in [-0.39, 0.29) is 11.5 Å². The molecule has 2 amide bonds. The Hall–Kier alpha value is -2.81. The average Bonchev–Trinajstić information content (AvgIpc) is 2.57. The first-order valence-electron chi connectivity index (χ1n) is 8.03. The Morgan fingerprint density at radius 3 is 2.29 bits per heavy atom. The molecule has 0 aliphatic rings. The molecule has 128 valence electrons. The van der Waals surface area contributed by atoms with E-state index >= 15 is 0 Å². The molecular weight excluding hydrogens is 304 g/mol. The van der Waals surface area contributed by atoms with Crippen LogP contribution in [-0.4, -0.2) is 24.9 Å². The van der Waals surface area contributed by atoms with Crippen molar-refractivity contribution in [2.24, 2.45) is 0 Å². The van der Waals surface area contributed by atoms with Crippen LogP contribution in [0.2, 0.25) is 0 Å². The highest BCUT2D eigenvalue weighted by Crippen LogP contribution is 2.23. The van der Waals surface area contributed by atoms with Gasteiger partial charge in [0.25, 0.3) is 5.91 Å². The van der Waals surface area contributed by atoms with E-state index in [1.165, 1.54) is 13.1 Å². The molecule has 0 bridgehead atoms. The van der Waals surface area contributed by atoms with Gasteiger partial charge in [-0.15, -0.1) is 0 Å². The van der Waals surface area contributed by atoms with Gasteiger partial charge in [0, 0.05) is 31.9 Å². The molecule has 0 saturated carbocycles. The van der Waals surface area contributed by atoms with E-state index in [1.807, 2.05) is 38.1 Å². The molecule has 0 radical (unpaired) electrons. The first-order valence-corrected chi connectivity index (χ1v) is 8.03. The van der Waals surface area contributed by atoms with Gasteiger partial charge in [-0.3, -0.25) is 9.59 Å². The fraction of sp³-hybridized carbons (Fsp3) is 0.389. The number of nitriles is 1. The maximum atomic E-state index is 12.3. The van der Waals surface area contributed by atoms with Crippen molar-refractivity contribution in [3.8, 4) is 6.07 Å². The average molecular weight is 328 g/mol. The van der Waals surface area contributed by atoms with Crippen LogP contribution < -0.4 is 16.0 Å². The summed E-state index contributed by atoms with van der Waals surface area (Å²) in [6.07, 6.45) is 2.96. The van der Waals surface area contributed by atoms with Crippen LogP contribution in [0.15, 0.2) is 30.0 Å². The van der Waals surface area contributed by atoms with E-state index in [2.05, 4.69) is 16.0 Å². The summed E-state index contributed by atoms with van der Waals surface area (Å²) in [5.74, 6) is -0.567. The second kappa shape index (κ2) is 10.1. The molecule has 0 spiro atoms. The van der Waals surface area contributed by atoms with Crippen LogP contribution in [0, 0.1) is 11.3 Å². The summed E-state index contributed by atoms with van der Waals surface area (Å²) in [5, 5.41) is 17.5. The van der Waals surface area contributed by atoms with Gasteiger partial charge in [-0.1, -0.05) is 32.0 Å². The van der Waals surface area contributed by atoms with Crippen LogP contribution in [0.1, 0.15) is 31.9 Å². The lowest BCUT2D eigenvalue weighted by molar-refractivity contribution is -0.119. The van der Waals surface area contributed by atoms with Crippen molar-refractivity contribution >= 4 is 17.5 Å². The number of hydrogen-bond acceptors (Lipinski definition) is 4. The van der Waals surface area contributed by atoms with Gasteiger partial charge in [0.2, 0.25) is 5.91 Å². The van der Waals surface area contributed by atoms with Crippen molar-refractivity contribution in [3.05, 3.63) is 41.1 Å². The van der Waals surface area contributed by atoms with Crippen molar-refractivity contribution < 1.29 is 9.59 Å². The van der Waals surface area contributed by atoms with Gasteiger partial charge in [-0.25, -0.2) is 0 Å². The highest BCUT2D eigenvalue weighted by atomic mass is 16.2. The van der Waals surface area contributed by atoms with Gasteiger partial charge in [-0.2, -0.15) is 5.26 Å². The summed E-state index contributed by atoms with van der Waals surface area (Å²) >= 11 is 0. The second-order valence-electron chi connectivity index (χ2n) is 5.22. The predicted molar refractivity (Wildman–Crippen MR) is 94.2 cm³/mol. The largest absolute Gasteiger partial charge is 0.388 e. The maximum absolute atomic E-state index is 12.3. The summed E-state index contributed by atoms with van der Waals surface area (Å²) in [6.45, 7) is 6.33. The molecule has 1 aromatic rings. The number of anilines is 1. The number of aryl methyl sites for hydroxylation is 2. The van der Waals surface area contributed by atoms with Crippen LogP contribution in [0.5, 0.6) is 0 Å². The zero-order chi connectivity index (χ0) is 17.9. The Balaban J connectivity index is 2.78. The molecule has 0 aromatic heterocycles. The van der Waals surface area contributed by atoms with E-state index in [1.54, 1.807) is 0 Å². The Morgan fingerprint density at radius 2 is 1.79 bits per heavy atom. The Labute approximate surface area is 142 Å². The maximum Gasteiger partial charge on any atom is 0.267 e. The molecule has 0 unspecified atom stereocenters. The molecule has 0 aliphatic carbocycles. The Morgan fingerprint density at radius 1 is 1.17 bits per heavy atom. The minimum absolute atomic E-state index is 0.00853. The van der Waals surface area contributed by atoms with Crippen LogP contribution in [-0.2, 0) is 22.4 Å². The molecule has 0 fully saturated rings. The Bertz CT molecular complexity index is 637. The molecular formula is C18H24N4O2. The van der Waals surface area contributed by atoms with E-state index in [0.29, 0.717) is 13.1 Å². The molecule has 6 heteroatoms. The summed E-state index contributed by atoms with van der Waals surface area (Å²) in [5.41, 5.74) is 2.86. The number of benzene rings is 1. The molecule has 24 heavy (non-hydrogen) atoms. The fourth-order valence-corrected chi connectivity index (χ4v) is 2.22. The molecule has 3 N–H and O–H groups in total. The first kappa shape index (κ1) is 19.2. The first-order chi connectivity index (χ1) is 11.5. The van der Waals surface area contributed by atoms with Gasteiger partial charge in [0.15, 0.2) is 0 Å². The number of hydrogen-bond donors (Lipinski definition) is 3. The zero-order valence-corrected chi connectivity index (χ0v) is 14.4. The molecule has 0 heterocycles. The van der Waals surface area contributed by atoms with Crippen molar-refractivity contribution in [2.75, 3.05) is 18.4 Å². The number of nitrogens with zero attached hydrogens (tertiary/aromatic N) is 1. The van der Waals surface area contributed by atoms with Crippen molar-refractivity contribution in [2.45, 2.75) is 33.6 Å². The summed E-state index contributed by atoms with van der Waals surface area (Å²) in [4.78, 5) is 23.1. The third kappa shape index (κ3) is 5.76. The Kier molecular flexibility index (Phi) is 8.06. The van der Waals surface area contributed by atoms with Crippen molar-refractivity contribution in [1.29, 1.82) is 5.26 Å².